The number of ether oxygens (including phenoxy) is 1. The second-order valence-corrected chi connectivity index (χ2v) is 9.26. The topological polar surface area (TPSA) is 85.3 Å². The molecule has 5 rings (SSSR count). The Hall–Kier alpha value is -3.56. The molecule has 8 nitrogen and oxygen atoms in total. The summed E-state index contributed by atoms with van der Waals surface area (Å²) in [7, 11) is 2.00. The number of hydrogen-bond acceptors (Lipinski definition) is 7. The first-order valence-corrected chi connectivity index (χ1v) is 12.0. The monoisotopic (exact) mass is 475 g/mol. The number of fused-ring (bicyclic) bond motifs is 1. The minimum Gasteiger partial charge on any atom is -0.378 e. The van der Waals surface area contributed by atoms with E-state index in [9.17, 15) is 10.1 Å². The zero-order valence-electron chi connectivity index (χ0n) is 18.9. The Labute approximate surface area is 201 Å². The van der Waals surface area contributed by atoms with Gasteiger partial charge in [0, 0.05) is 38.0 Å². The highest BCUT2D eigenvalue weighted by molar-refractivity contribution is 7.16. The summed E-state index contributed by atoms with van der Waals surface area (Å²) in [6.07, 6.45) is 5.63. The van der Waals surface area contributed by atoms with Gasteiger partial charge >= 0.3 is 0 Å². The van der Waals surface area contributed by atoms with E-state index in [4.69, 9.17) is 4.74 Å². The van der Waals surface area contributed by atoms with Crippen LogP contribution in [0.2, 0.25) is 0 Å². The Kier molecular flexibility index (Phi) is 6.37. The van der Waals surface area contributed by atoms with E-state index in [0.29, 0.717) is 13.2 Å². The maximum Gasteiger partial charge on any atom is 0.270 e. The van der Waals surface area contributed by atoms with Crippen LogP contribution in [0.1, 0.15) is 18.4 Å². The average Bonchev–Trinajstić information content (AvgIpc) is 3.40. The van der Waals surface area contributed by atoms with E-state index in [2.05, 4.69) is 37.9 Å². The van der Waals surface area contributed by atoms with Gasteiger partial charge in [-0.15, -0.1) is 5.10 Å². The second kappa shape index (κ2) is 9.74. The van der Waals surface area contributed by atoms with E-state index in [1.165, 1.54) is 10.8 Å². The number of allylic oxidation sites excluding steroid dienone is 2. The molecule has 1 fully saturated rings. The predicted octanol–water partition coefficient (Wildman–Crippen LogP) is 4.50. The molecule has 1 aromatic heterocycles. The molecule has 1 saturated heterocycles. The van der Waals surface area contributed by atoms with Crippen LogP contribution in [0.4, 0.5) is 5.69 Å². The lowest BCUT2D eigenvalue weighted by molar-refractivity contribution is -0.384. The SMILES string of the molecule is Cn1/c(=N/N=C/C2=C(N3CCOCC3)C(=C\c3cccc([N+](=O)[O-])c3)/CC2)sc2ccccc21. The van der Waals surface area contributed by atoms with E-state index in [-0.39, 0.29) is 10.6 Å². The third kappa shape index (κ3) is 4.57. The standard InChI is InChI=1S/C25H25N5O3S/c1-28-22-7-2-3-8-23(22)34-25(28)27-26-17-20-10-9-19(24(20)29-11-13-33-14-12-29)15-18-5-4-6-21(16-18)30(31)32/h2-8,15-17H,9-14H2,1H3/b19-15-,26-17+,27-25-. The first kappa shape index (κ1) is 22.2. The lowest BCUT2D eigenvalue weighted by Crippen LogP contribution is -2.36. The lowest BCUT2D eigenvalue weighted by atomic mass is 10.1. The molecule has 9 heteroatoms. The third-order valence-corrected chi connectivity index (χ3v) is 7.20. The smallest absolute Gasteiger partial charge is 0.270 e. The summed E-state index contributed by atoms with van der Waals surface area (Å²) >= 11 is 1.61. The van der Waals surface area contributed by atoms with Crippen molar-refractivity contribution < 1.29 is 9.66 Å². The van der Waals surface area contributed by atoms with Gasteiger partial charge in [0.2, 0.25) is 4.80 Å². The minimum atomic E-state index is -0.358. The Morgan fingerprint density at radius 2 is 1.94 bits per heavy atom. The summed E-state index contributed by atoms with van der Waals surface area (Å²) in [5.74, 6) is 0. The van der Waals surface area contributed by atoms with Gasteiger partial charge in [-0.2, -0.15) is 5.10 Å². The van der Waals surface area contributed by atoms with Gasteiger partial charge in [0.05, 0.1) is 34.6 Å². The lowest BCUT2D eigenvalue weighted by Gasteiger charge is -2.31. The number of rotatable bonds is 5. The number of morpholine rings is 1. The van der Waals surface area contributed by atoms with Gasteiger partial charge in [-0.1, -0.05) is 35.6 Å². The summed E-state index contributed by atoms with van der Waals surface area (Å²) in [5, 5.41) is 20.2. The first-order valence-electron chi connectivity index (χ1n) is 11.2. The van der Waals surface area contributed by atoms with Crippen LogP contribution < -0.4 is 4.80 Å². The van der Waals surface area contributed by atoms with Crippen LogP contribution in [-0.2, 0) is 11.8 Å². The molecule has 0 bridgehead atoms. The fourth-order valence-corrected chi connectivity index (χ4v) is 5.40. The van der Waals surface area contributed by atoms with Crippen molar-refractivity contribution in [3.8, 4) is 0 Å². The van der Waals surface area contributed by atoms with Crippen LogP contribution in [0.5, 0.6) is 0 Å². The number of para-hydroxylation sites is 1. The van der Waals surface area contributed by atoms with Crippen LogP contribution in [0.25, 0.3) is 16.3 Å². The van der Waals surface area contributed by atoms with E-state index < -0.39 is 0 Å². The summed E-state index contributed by atoms with van der Waals surface area (Å²) in [5.41, 5.74) is 5.51. The molecule has 2 heterocycles. The molecular weight excluding hydrogens is 450 g/mol. The second-order valence-electron chi connectivity index (χ2n) is 8.25. The zero-order valence-corrected chi connectivity index (χ0v) is 19.7. The highest BCUT2D eigenvalue weighted by Gasteiger charge is 2.25. The molecule has 2 aliphatic rings. The molecule has 2 aromatic carbocycles. The van der Waals surface area contributed by atoms with Crippen molar-refractivity contribution in [1.82, 2.24) is 9.47 Å². The van der Waals surface area contributed by atoms with Crippen molar-refractivity contribution >= 4 is 39.5 Å². The molecule has 174 valence electrons. The Bertz CT molecular complexity index is 1390. The number of non-ortho nitro benzene ring substituents is 1. The van der Waals surface area contributed by atoms with Crippen molar-refractivity contribution in [2.45, 2.75) is 12.8 Å². The maximum atomic E-state index is 11.2. The van der Waals surface area contributed by atoms with Gasteiger partial charge in [0.25, 0.3) is 5.69 Å². The number of aromatic nitrogens is 1. The molecular formula is C25H25N5O3S. The van der Waals surface area contributed by atoms with Crippen LogP contribution in [0.3, 0.4) is 0 Å². The number of benzene rings is 2. The number of hydrogen-bond donors (Lipinski definition) is 0. The molecule has 0 atom stereocenters. The van der Waals surface area contributed by atoms with E-state index in [0.717, 1.165) is 58.7 Å². The molecule has 0 amide bonds. The Morgan fingerprint density at radius 3 is 2.74 bits per heavy atom. The van der Waals surface area contributed by atoms with Crippen molar-refractivity contribution in [3.63, 3.8) is 0 Å². The zero-order chi connectivity index (χ0) is 23.5. The van der Waals surface area contributed by atoms with Crippen LogP contribution >= 0.6 is 11.3 Å². The molecule has 1 aliphatic carbocycles. The first-order chi connectivity index (χ1) is 16.6. The number of aryl methyl sites for hydroxylation is 1. The van der Waals surface area contributed by atoms with Crippen LogP contribution in [0.15, 0.2) is 75.6 Å². The highest BCUT2D eigenvalue weighted by atomic mass is 32.1. The summed E-state index contributed by atoms with van der Waals surface area (Å²) < 4.78 is 8.79. The molecule has 1 aliphatic heterocycles. The van der Waals surface area contributed by atoms with Gasteiger partial charge in [-0.05, 0) is 47.8 Å². The van der Waals surface area contributed by atoms with Crippen LogP contribution in [-0.4, -0.2) is 46.9 Å². The van der Waals surface area contributed by atoms with Crippen molar-refractivity contribution in [3.05, 3.63) is 85.9 Å². The summed E-state index contributed by atoms with van der Waals surface area (Å²) in [4.78, 5) is 14.0. The quantitative estimate of drug-likeness (QED) is 0.309. The van der Waals surface area contributed by atoms with Gasteiger partial charge in [-0.3, -0.25) is 10.1 Å². The highest BCUT2D eigenvalue weighted by Crippen LogP contribution is 2.35. The maximum absolute atomic E-state index is 11.2. The number of nitrogens with zero attached hydrogens (tertiary/aromatic N) is 5. The van der Waals surface area contributed by atoms with E-state index in [1.54, 1.807) is 23.5 Å². The van der Waals surface area contributed by atoms with Crippen LogP contribution in [0, 0.1) is 10.1 Å². The molecule has 0 unspecified atom stereocenters. The molecule has 0 spiro atoms. The fraction of sp³-hybridized carbons (Fsp3) is 0.280. The minimum absolute atomic E-state index is 0.0982. The number of nitro benzene ring substituents is 1. The Morgan fingerprint density at radius 1 is 1.12 bits per heavy atom. The molecule has 0 N–H and O–H groups in total. The van der Waals surface area contributed by atoms with Gasteiger partial charge in [0.15, 0.2) is 0 Å². The van der Waals surface area contributed by atoms with Gasteiger partial charge < -0.3 is 14.2 Å². The Balaban J connectivity index is 1.50. The molecule has 3 aromatic rings. The molecule has 0 radical (unpaired) electrons. The third-order valence-electron chi connectivity index (χ3n) is 6.09. The number of nitro groups is 1. The number of thiazole rings is 1. The fourth-order valence-electron chi connectivity index (χ4n) is 4.43. The summed E-state index contributed by atoms with van der Waals surface area (Å²) in [6, 6.07) is 15.0. The molecule has 34 heavy (non-hydrogen) atoms. The van der Waals surface area contributed by atoms with Crippen molar-refractivity contribution in [1.29, 1.82) is 0 Å². The van der Waals surface area contributed by atoms with Crippen molar-refractivity contribution in [2.24, 2.45) is 17.3 Å². The van der Waals surface area contributed by atoms with E-state index >= 15 is 0 Å². The summed E-state index contributed by atoms with van der Waals surface area (Å²) in [6.45, 7) is 2.97. The normalized spacial score (nSPS) is 18.7. The van der Waals surface area contributed by atoms with Gasteiger partial charge in [0.1, 0.15) is 0 Å². The van der Waals surface area contributed by atoms with E-state index in [1.807, 2.05) is 31.5 Å². The molecule has 0 saturated carbocycles. The largest absolute Gasteiger partial charge is 0.378 e. The average molecular weight is 476 g/mol. The predicted molar refractivity (Wildman–Crippen MR) is 135 cm³/mol. The van der Waals surface area contributed by atoms with Crippen molar-refractivity contribution in [2.75, 3.05) is 26.3 Å². The van der Waals surface area contributed by atoms with Gasteiger partial charge in [-0.25, -0.2) is 0 Å².